The van der Waals surface area contributed by atoms with Crippen molar-refractivity contribution in [3.05, 3.63) is 76.8 Å². The van der Waals surface area contributed by atoms with Crippen LogP contribution in [0.5, 0.6) is 0 Å². The summed E-state index contributed by atoms with van der Waals surface area (Å²) < 4.78 is 7.49. The van der Waals surface area contributed by atoms with Crippen LogP contribution in [0, 0.1) is 0 Å². The number of hydrogen-bond donors (Lipinski definition) is 0. The van der Waals surface area contributed by atoms with Gasteiger partial charge in [-0.1, -0.05) is 72.5 Å². The second kappa shape index (κ2) is 8.85. The van der Waals surface area contributed by atoms with Gasteiger partial charge in [0.25, 0.3) is 5.91 Å². The number of aromatic nitrogens is 1. The van der Waals surface area contributed by atoms with Crippen LogP contribution in [0.25, 0.3) is 17.0 Å². The third-order valence-electron chi connectivity index (χ3n) is 4.77. The van der Waals surface area contributed by atoms with Gasteiger partial charge in [-0.3, -0.25) is 14.5 Å². The van der Waals surface area contributed by atoms with Crippen molar-refractivity contribution >= 4 is 57.2 Å². The minimum absolute atomic E-state index is 0.161. The number of carbonyl (C=O) groups excluding carboxylic acids is 2. The van der Waals surface area contributed by atoms with Gasteiger partial charge in [-0.05, 0) is 24.6 Å². The highest BCUT2D eigenvalue weighted by Gasteiger charge is 2.34. The summed E-state index contributed by atoms with van der Waals surface area (Å²) in [6, 6.07) is 18.3. The fourth-order valence-corrected chi connectivity index (χ4v) is 4.66. The molecule has 0 aliphatic carbocycles. The van der Waals surface area contributed by atoms with Gasteiger partial charge < -0.3 is 9.30 Å². The van der Waals surface area contributed by atoms with E-state index < -0.39 is 5.97 Å². The number of fused-ring (bicyclic) bond motifs is 1. The van der Waals surface area contributed by atoms with Crippen LogP contribution in [0.1, 0.15) is 18.1 Å². The van der Waals surface area contributed by atoms with Crippen molar-refractivity contribution in [3.63, 3.8) is 0 Å². The van der Waals surface area contributed by atoms with Crippen LogP contribution in [0.2, 0.25) is 0 Å². The van der Waals surface area contributed by atoms with Crippen LogP contribution in [-0.2, 0) is 20.9 Å². The van der Waals surface area contributed by atoms with Crippen LogP contribution < -0.4 is 0 Å². The van der Waals surface area contributed by atoms with E-state index in [1.807, 2.05) is 42.5 Å². The van der Waals surface area contributed by atoms with E-state index in [1.165, 1.54) is 22.2 Å². The Morgan fingerprint density at radius 3 is 2.63 bits per heavy atom. The standard InChI is InChI=1S/C23H20N2O3S2/c1-2-28-21(26)15-25-22(27)20(30-23(25)29)12-17-14-24(13-16-8-4-3-5-9-16)19-11-7-6-10-18(17)19/h3-12,14H,2,13,15H2,1H3. The summed E-state index contributed by atoms with van der Waals surface area (Å²) in [6.07, 6.45) is 3.91. The highest BCUT2D eigenvalue weighted by Crippen LogP contribution is 2.34. The van der Waals surface area contributed by atoms with Crippen molar-refractivity contribution in [2.45, 2.75) is 13.5 Å². The molecule has 1 aliphatic heterocycles. The van der Waals surface area contributed by atoms with Crippen LogP contribution in [0.4, 0.5) is 0 Å². The van der Waals surface area contributed by atoms with Crippen LogP contribution in [-0.4, -0.2) is 38.8 Å². The molecule has 1 fully saturated rings. The van der Waals surface area contributed by atoms with Gasteiger partial charge in [-0.15, -0.1) is 0 Å². The third-order valence-corrected chi connectivity index (χ3v) is 6.15. The number of esters is 1. The molecule has 3 aromatic rings. The van der Waals surface area contributed by atoms with Crippen molar-refractivity contribution in [2.75, 3.05) is 13.2 Å². The summed E-state index contributed by atoms with van der Waals surface area (Å²) >= 11 is 6.53. The Morgan fingerprint density at radius 2 is 1.87 bits per heavy atom. The first-order valence-electron chi connectivity index (χ1n) is 9.59. The highest BCUT2D eigenvalue weighted by molar-refractivity contribution is 8.26. The van der Waals surface area contributed by atoms with Gasteiger partial charge in [0, 0.05) is 29.2 Å². The highest BCUT2D eigenvalue weighted by atomic mass is 32.2. The maximum atomic E-state index is 12.8. The smallest absolute Gasteiger partial charge is 0.326 e. The number of thioether (sulfide) groups is 1. The van der Waals surface area contributed by atoms with Gasteiger partial charge in [0.15, 0.2) is 0 Å². The lowest BCUT2D eigenvalue weighted by Gasteiger charge is -2.12. The molecule has 0 radical (unpaired) electrons. The Labute approximate surface area is 184 Å². The van der Waals surface area contributed by atoms with Crippen LogP contribution in [0.15, 0.2) is 65.7 Å². The predicted octanol–water partition coefficient (Wildman–Crippen LogP) is 4.45. The maximum absolute atomic E-state index is 12.8. The van der Waals surface area contributed by atoms with Crippen molar-refractivity contribution in [2.24, 2.45) is 0 Å². The summed E-state index contributed by atoms with van der Waals surface area (Å²) in [5.41, 5.74) is 3.23. The first-order chi connectivity index (χ1) is 14.6. The average Bonchev–Trinajstić information content (AvgIpc) is 3.21. The number of carbonyl (C=O) groups is 2. The van der Waals surface area contributed by atoms with Crippen molar-refractivity contribution in [3.8, 4) is 0 Å². The zero-order valence-corrected chi connectivity index (χ0v) is 18.0. The van der Waals surface area contributed by atoms with E-state index in [4.69, 9.17) is 17.0 Å². The second-order valence-electron chi connectivity index (χ2n) is 6.79. The number of para-hydroxylation sites is 1. The number of hydrogen-bond acceptors (Lipinski definition) is 5. The fourth-order valence-electron chi connectivity index (χ4n) is 3.41. The maximum Gasteiger partial charge on any atom is 0.326 e. The number of amides is 1. The molecule has 1 aliphatic rings. The van der Waals surface area contributed by atoms with Crippen LogP contribution in [0.3, 0.4) is 0 Å². The normalized spacial score (nSPS) is 15.4. The zero-order chi connectivity index (χ0) is 21.1. The van der Waals surface area contributed by atoms with E-state index in [9.17, 15) is 9.59 Å². The molecule has 152 valence electrons. The van der Waals surface area contributed by atoms with Crippen molar-refractivity contribution in [1.29, 1.82) is 0 Å². The summed E-state index contributed by atoms with van der Waals surface area (Å²) in [5, 5.41) is 1.06. The van der Waals surface area contributed by atoms with Crippen molar-refractivity contribution in [1.82, 2.24) is 9.47 Å². The molecule has 0 saturated carbocycles. The van der Waals surface area contributed by atoms with E-state index in [-0.39, 0.29) is 19.1 Å². The van der Waals surface area contributed by atoms with E-state index in [0.29, 0.717) is 9.23 Å². The number of nitrogens with zero attached hydrogens (tertiary/aromatic N) is 2. The summed E-state index contributed by atoms with van der Waals surface area (Å²) in [7, 11) is 0. The molecule has 5 nitrogen and oxygen atoms in total. The Kier molecular flexibility index (Phi) is 6.01. The molecule has 0 N–H and O–H groups in total. The lowest BCUT2D eigenvalue weighted by molar-refractivity contribution is -0.145. The lowest BCUT2D eigenvalue weighted by atomic mass is 10.1. The Balaban J connectivity index is 1.65. The first-order valence-corrected chi connectivity index (χ1v) is 10.8. The summed E-state index contributed by atoms with van der Waals surface area (Å²) in [4.78, 5) is 26.4. The predicted molar refractivity (Wildman–Crippen MR) is 124 cm³/mol. The molecule has 0 spiro atoms. The second-order valence-corrected chi connectivity index (χ2v) is 8.46. The monoisotopic (exact) mass is 436 g/mol. The summed E-state index contributed by atoms with van der Waals surface area (Å²) in [5.74, 6) is -0.729. The van der Waals surface area contributed by atoms with E-state index in [0.717, 1.165) is 23.0 Å². The molecular formula is C23H20N2O3S2. The molecule has 4 rings (SSSR count). The number of benzene rings is 2. The quantitative estimate of drug-likeness (QED) is 0.325. The minimum atomic E-state index is -0.463. The van der Waals surface area contributed by atoms with Gasteiger partial charge in [-0.2, -0.15) is 0 Å². The molecule has 0 unspecified atom stereocenters. The molecule has 1 amide bonds. The zero-order valence-electron chi connectivity index (χ0n) is 16.4. The lowest BCUT2D eigenvalue weighted by Crippen LogP contribution is -2.34. The van der Waals surface area contributed by atoms with E-state index in [2.05, 4.69) is 29.0 Å². The number of ether oxygens (including phenoxy) is 1. The van der Waals surface area contributed by atoms with Gasteiger partial charge >= 0.3 is 5.97 Å². The molecule has 2 heterocycles. The molecule has 1 aromatic heterocycles. The fraction of sp³-hybridized carbons (Fsp3) is 0.174. The molecule has 30 heavy (non-hydrogen) atoms. The number of thiocarbonyl (C=S) groups is 1. The van der Waals surface area contributed by atoms with E-state index in [1.54, 1.807) is 6.92 Å². The van der Waals surface area contributed by atoms with Gasteiger partial charge in [0.1, 0.15) is 10.9 Å². The number of rotatable bonds is 6. The largest absolute Gasteiger partial charge is 0.465 e. The molecular weight excluding hydrogens is 416 g/mol. The Hall–Kier alpha value is -2.90. The average molecular weight is 437 g/mol. The van der Waals surface area contributed by atoms with Gasteiger partial charge in [0.05, 0.1) is 11.5 Å². The molecule has 0 atom stereocenters. The van der Waals surface area contributed by atoms with Gasteiger partial charge in [0.2, 0.25) is 0 Å². The molecule has 1 saturated heterocycles. The van der Waals surface area contributed by atoms with Gasteiger partial charge in [-0.25, -0.2) is 0 Å². The van der Waals surface area contributed by atoms with E-state index >= 15 is 0 Å². The minimum Gasteiger partial charge on any atom is -0.465 e. The Bertz CT molecular complexity index is 1150. The molecule has 0 bridgehead atoms. The summed E-state index contributed by atoms with van der Waals surface area (Å²) in [6.45, 7) is 2.57. The first kappa shape index (κ1) is 20.4. The molecule has 7 heteroatoms. The topological polar surface area (TPSA) is 51.5 Å². The van der Waals surface area contributed by atoms with Crippen LogP contribution >= 0.6 is 24.0 Å². The van der Waals surface area contributed by atoms with Crippen molar-refractivity contribution < 1.29 is 14.3 Å². The molecule has 2 aromatic carbocycles. The SMILES string of the molecule is CCOC(=O)CN1C(=O)C(=Cc2cn(Cc3ccccc3)c3ccccc23)SC1=S. The Morgan fingerprint density at radius 1 is 1.13 bits per heavy atom. The third kappa shape index (κ3) is 4.17.